The SMILES string of the molecule is CCCCCCCCCCCCCCCCCCN(C)S(=O)(=O)c1ccc(NC(=O)C(C(=O)C(C)(C)C)c2ccc(N=Nc3c(S(=O)(=O)O)cc4cc(S(=O)(=O)O)cc(NC(C)=O)c4c3O)cc2)cc1. The number of carbonyl (C=O) groups is 3. The van der Waals surface area contributed by atoms with Crippen molar-refractivity contribution in [2.24, 2.45) is 15.6 Å². The number of azo groups is 1. The van der Waals surface area contributed by atoms with E-state index in [1.165, 1.54) is 130 Å². The molecule has 0 aliphatic heterocycles. The molecule has 17 nitrogen and oxygen atoms in total. The van der Waals surface area contributed by atoms with E-state index in [1.807, 2.05) is 0 Å². The molecule has 0 spiro atoms. The van der Waals surface area contributed by atoms with Gasteiger partial charge in [0.15, 0.2) is 11.5 Å². The summed E-state index contributed by atoms with van der Waals surface area (Å²) in [6, 6.07) is 13.7. The molecule has 1 unspecified atom stereocenters. The summed E-state index contributed by atoms with van der Waals surface area (Å²) in [5.41, 5.74) is -1.59. The van der Waals surface area contributed by atoms with Crippen LogP contribution in [0.15, 0.2) is 91.6 Å². The van der Waals surface area contributed by atoms with E-state index < -0.39 is 80.4 Å². The third-order valence-electron chi connectivity index (χ3n) is 11.9. The third-order valence-corrected chi connectivity index (χ3v) is 15.5. The standard InChI is InChI=1S/C50H69N5O12S3/c1-7-8-9-10-11-12-13-14-15-16-17-18-19-20-21-22-31-55(6)68(60,61)40-29-27-38(28-30-40)52-49(59)45(48(58)50(3,4)5)36-23-25-39(26-24-36)53-54-46-43(70(65,66)67)33-37-32-41(69(62,63)64)34-42(51-35(2)56)44(37)47(46)57/h23-30,32-34,45,57H,7-22,31H2,1-6H3,(H,51,56)(H,52,59)(H,62,63,64)(H,65,66,67). The number of sulfonamides is 1. The molecular formula is C50H69N5O12S3. The van der Waals surface area contributed by atoms with E-state index in [4.69, 9.17) is 0 Å². The smallest absolute Gasteiger partial charge is 0.296 e. The maximum Gasteiger partial charge on any atom is 0.296 e. The van der Waals surface area contributed by atoms with Crippen LogP contribution in [0.1, 0.15) is 149 Å². The number of phenols is 1. The summed E-state index contributed by atoms with van der Waals surface area (Å²) in [7, 11) is -12.3. The Balaban J connectivity index is 1.40. The van der Waals surface area contributed by atoms with Crippen LogP contribution in [0.4, 0.5) is 22.7 Å². The van der Waals surface area contributed by atoms with Crippen molar-refractivity contribution in [2.45, 2.75) is 158 Å². The summed E-state index contributed by atoms with van der Waals surface area (Å²) in [5.74, 6) is -4.13. The number of benzene rings is 4. The topological polar surface area (TPSA) is 266 Å². The molecule has 0 saturated carbocycles. The van der Waals surface area contributed by atoms with Gasteiger partial charge in [0, 0.05) is 37.0 Å². The second-order valence-electron chi connectivity index (χ2n) is 18.8. The molecule has 2 amide bonds. The van der Waals surface area contributed by atoms with Gasteiger partial charge in [0.05, 0.1) is 21.2 Å². The second-order valence-corrected chi connectivity index (χ2v) is 23.6. The minimum Gasteiger partial charge on any atom is -0.505 e. The van der Waals surface area contributed by atoms with Crippen molar-refractivity contribution in [3.8, 4) is 5.75 Å². The highest BCUT2D eigenvalue weighted by molar-refractivity contribution is 7.89. The molecule has 0 aliphatic rings. The van der Waals surface area contributed by atoms with Gasteiger partial charge in [-0.15, -0.1) is 5.11 Å². The van der Waals surface area contributed by atoms with Gasteiger partial charge >= 0.3 is 0 Å². The fraction of sp³-hybridized carbons (Fsp3) is 0.500. The summed E-state index contributed by atoms with van der Waals surface area (Å²) >= 11 is 0. The summed E-state index contributed by atoms with van der Waals surface area (Å²) in [6.45, 7) is 8.65. The van der Waals surface area contributed by atoms with Gasteiger partial charge in [0.25, 0.3) is 20.2 Å². The molecule has 0 radical (unpaired) electrons. The van der Waals surface area contributed by atoms with E-state index in [2.05, 4.69) is 27.8 Å². The van der Waals surface area contributed by atoms with E-state index in [0.717, 1.165) is 50.8 Å². The van der Waals surface area contributed by atoms with E-state index in [0.29, 0.717) is 6.54 Å². The number of anilines is 2. The number of fused-ring (bicyclic) bond motifs is 1. The predicted octanol–water partition coefficient (Wildman–Crippen LogP) is 11.6. The Kier molecular flexibility index (Phi) is 21.2. The predicted molar refractivity (Wildman–Crippen MR) is 272 cm³/mol. The number of hydrogen-bond donors (Lipinski definition) is 5. The van der Waals surface area contributed by atoms with Gasteiger partial charge in [-0.05, 0) is 72.0 Å². The molecule has 70 heavy (non-hydrogen) atoms. The lowest BCUT2D eigenvalue weighted by atomic mass is 9.79. The van der Waals surface area contributed by atoms with Crippen LogP contribution in [0.2, 0.25) is 0 Å². The van der Waals surface area contributed by atoms with Crippen molar-refractivity contribution in [1.29, 1.82) is 0 Å². The first-order chi connectivity index (χ1) is 32.9. The highest BCUT2D eigenvalue weighted by atomic mass is 32.2. The molecule has 0 aromatic heterocycles. The molecule has 0 fully saturated rings. The first-order valence-corrected chi connectivity index (χ1v) is 28.2. The average molecular weight is 1030 g/mol. The number of nitrogens with one attached hydrogen (secondary N) is 2. The van der Waals surface area contributed by atoms with Gasteiger partial charge in [-0.2, -0.15) is 21.9 Å². The van der Waals surface area contributed by atoms with Crippen molar-refractivity contribution < 1.29 is 53.8 Å². The number of rotatable bonds is 28. The number of amides is 2. The molecule has 4 aromatic carbocycles. The number of nitrogens with zero attached hydrogens (tertiary/aromatic N) is 3. The molecule has 1 atom stereocenters. The van der Waals surface area contributed by atoms with Crippen LogP contribution >= 0.6 is 0 Å². The zero-order valence-electron chi connectivity index (χ0n) is 41.0. The largest absolute Gasteiger partial charge is 0.505 e. The van der Waals surface area contributed by atoms with E-state index in [9.17, 15) is 53.8 Å². The van der Waals surface area contributed by atoms with Crippen LogP contribution in [-0.4, -0.2) is 75.0 Å². The second kappa shape index (κ2) is 25.8. The Hall–Kier alpha value is -5.12. The van der Waals surface area contributed by atoms with Gasteiger partial charge in [-0.3, -0.25) is 23.5 Å². The lowest BCUT2D eigenvalue weighted by Crippen LogP contribution is -2.35. The molecular weight excluding hydrogens is 959 g/mol. The molecule has 4 aromatic rings. The van der Waals surface area contributed by atoms with Crippen LogP contribution in [0.25, 0.3) is 10.8 Å². The van der Waals surface area contributed by atoms with Crippen molar-refractivity contribution in [1.82, 2.24) is 4.31 Å². The number of ketones is 1. The zero-order chi connectivity index (χ0) is 51.9. The molecule has 0 saturated heterocycles. The number of phenolic OH excluding ortho intramolecular Hbond substituents is 1. The van der Waals surface area contributed by atoms with Gasteiger partial charge in [-0.25, -0.2) is 12.7 Å². The van der Waals surface area contributed by atoms with Gasteiger partial charge in [-0.1, -0.05) is 136 Å². The number of unbranched alkanes of at least 4 members (excludes halogenated alkanes) is 15. The fourth-order valence-corrected chi connectivity index (χ4v) is 10.4. The minimum absolute atomic E-state index is 0.0345. The number of hydrogen-bond acceptors (Lipinski definition) is 12. The van der Waals surface area contributed by atoms with Crippen molar-refractivity contribution in [3.63, 3.8) is 0 Å². The monoisotopic (exact) mass is 1030 g/mol. The van der Waals surface area contributed by atoms with E-state index in [1.54, 1.807) is 27.8 Å². The van der Waals surface area contributed by atoms with Crippen LogP contribution < -0.4 is 10.6 Å². The number of carbonyl (C=O) groups excluding carboxylic acids is 3. The van der Waals surface area contributed by atoms with E-state index >= 15 is 0 Å². The molecule has 0 heterocycles. The van der Waals surface area contributed by atoms with Crippen molar-refractivity contribution >= 4 is 81.4 Å². The van der Waals surface area contributed by atoms with Crippen LogP contribution in [-0.2, 0) is 44.6 Å². The lowest BCUT2D eigenvalue weighted by molar-refractivity contribution is -0.133. The van der Waals surface area contributed by atoms with Crippen molar-refractivity contribution in [3.05, 3.63) is 72.3 Å². The van der Waals surface area contributed by atoms with Gasteiger partial charge in [0.1, 0.15) is 16.5 Å². The number of Topliss-reactive ketones (excluding diaryl/α,β-unsaturated/α-hetero) is 1. The highest BCUT2D eigenvalue weighted by Crippen LogP contribution is 2.45. The van der Waals surface area contributed by atoms with Gasteiger partial charge in [0.2, 0.25) is 21.8 Å². The maximum atomic E-state index is 13.9. The summed E-state index contributed by atoms with van der Waals surface area (Å²) < 4.78 is 96.7. The summed E-state index contributed by atoms with van der Waals surface area (Å²) in [6.07, 6.45) is 19.6. The number of aromatic hydroxyl groups is 1. The normalized spacial score (nSPS) is 13.0. The lowest BCUT2D eigenvalue weighted by Gasteiger charge is -2.24. The third kappa shape index (κ3) is 16.8. The van der Waals surface area contributed by atoms with E-state index in [-0.39, 0.29) is 38.3 Å². The Morgan fingerprint density at radius 2 is 1.17 bits per heavy atom. The van der Waals surface area contributed by atoms with Crippen LogP contribution in [0.3, 0.4) is 0 Å². The first-order valence-electron chi connectivity index (χ1n) is 23.9. The molecule has 5 N–H and O–H groups in total. The molecule has 0 bridgehead atoms. The molecule has 4 rings (SSSR count). The quantitative estimate of drug-likeness (QED) is 0.0154. The molecule has 0 aliphatic carbocycles. The Bertz CT molecular complexity index is 2810. The Morgan fingerprint density at radius 3 is 1.64 bits per heavy atom. The highest BCUT2D eigenvalue weighted by Gasteiger charge is 2.36. The van der Waals surface area contributed by atoms with Gasteiger partial charge < -0.3 is 15.7 Å². The van der Waals surface area contributed by atoms with Crippen LogP contribution in [0, 0.1) is 5.41 Å². The summed E-state index contributed by atoms with van der Waals surface area (Å²) in [4.78, 5) is 37.9. The Morgan fingerprint density at radius 1 is 0.657 bits per heavy atom. The minimum atomic E-state index is -5.17. The van der Waals surface area contributed by atoms with Crippen molar-refractivity contribution in [2.75, 3.05) is 24.2 Å². The zero-order valence-corrected chi connectivity index (χ0v) is 43.5. The summed E-state index contributed by atoms with van der Waals surface area (Å²) in [5, 5.41) is 23.6. The maximum absolute atomic E-state index is 13.9. The fourth-order valence-electron chi connectivity index (χ4n) is 7.99. The molecule has 20 heteroatoms. The average Bonchev–Trinajstić information content (AvgIpc) is 3.27. The van der Waals surface area contributed by atoms with Crippen LogP contribution in [0.5, 0.6) is 5.75 Å². The Labute approximate surface area is 413 Å². The molecule has 384 valence electrons. The first kappa shape index (κ1) is 57.5.